The number of alkyl halides is 3. The number of para-hydroxylation sites is 1. The Labute approximate surface area is 150 Å². The van der Waals surface area contributed by atoms with Crippen LogP contribution in [0.4, 0.5) is 18.9 Å². The summed E-state index contributed by atoms with van der Waals surface area (Å²) in [5.41, 5.74) is 7.55. The Kier molecular flexibility index (Phi) is 5.18. The fourth-order valence-electron chi connectivity index (χ4n) is 3.23. The molecule has 26 heavy (non-hydrogen) atoms. The number of anilines is 1. The molecule has 0 radical (unpaired) electrons. The molecule has 0 bridgehead atoms. The molecule has 0 heterocycles. The zero-order chi connectivity index (χ0) is 18.7. The molecule has 0 spiro atoms. The molecule has 0 saturated carbocycles. The molecule has 0 aliphatic heterocycles. The molecule has 5 heteroatoms. The first-order chi connectivity index (χ1) is 12.4. The third-order valence-electron chi connectivity index (χ3n) is 4.62. The van der Waals surface area contributed by atoms with Gasteiger partial charge in [-0.25, -0.2) is 0 Å². The van der Waals surface area contributed by atoms with Crippen molar-refractivity contribution in [2.24, 2.45) is 0 Å². The molecule has 1 unspecified atom stereocenters. The van der Waals surface area contributed by atoms with Crippen LogP contribution in [0.25, 0.3) is 10.8 Å². The highest BCUT2D eigenvalue weighted by molar-refractivity contribution is 5.86. The minimum atomic E-state index is -4.37. The molecule has 0 fully saturated rings. The number of nitrogen functional groups attached to an aromatic ring is 1. The number of fused-ring (bicyclic) bond motifs is 1. The van der Waals surface area contributed by atoms with Gasteiger partial charge in [0.25, 0.3) is 0 Å². The highest BCUT2D eigenvalue weighted by atomic mass is 19.4. The predicted molar refractivity (Wildman–Crippen MR) is 99.9 cm³/mol. The van der Waals surface area contributed by atoms with Crippen LogP contribution >= 0.6 is 0 Å². The van der Waals surface area contributed by atoms with E-state index < -0.39 is 18.3 Å². The lowest BCUT2D eigenvalue weighted by Gasteiger charge is -2.27. The van der Waals surface area contributed by atoms with Crippen LogP contribution in [0.1, 0.15) is 24.1 Å². The van der Waals surface area contributed by atoms with Crippen molar-refractivity contribution < 1.29 is 13.2 Å². The summed E-state index contributed by atoms with van der Waals surface area (Å²) >= 11 is 0. The van der Waals surface area contributed by atoms with Crippen molar-refractivity contribution in [1.29, 1.82) is 0 Å². The van der Waals surface area contributed by atoms with Crippen LogP contribution in [-0.2, 0) is 6.42 Å². The van der Waals surface area contributed by atoms with Crippen LogP contribution < -0.4 is 11.1 Å². The molecule has 3 aromatic carbocycles. The smallest absolute Gasteiger partial charge is 0.399 e. The van der Waals surface area contributed by atoms with Gasteiger partial charge in [0.1, 0.15) is 6.04 Å². The Morgan fingerprint density at radius 3 is 2.31 bits per heavy atom. The van der Waals surface area contributed by atoms with Gasteiger partial charge in [-0.05, 0) is 41.3 Å². The number of rotatable bonds is 5. The van der Waals surface area contributed by atoms with Crippen molar-refractivity contribution in [1.82, 2.24) is 5.32 Å². The van der Waals surface area contributed by atoms with Gasteiger partial charge in [0.15, 0.2) is 0 Å². The van der Waals surface area contributed by atoms with Gasteiger partial charge in [-0.3, -0.25) is 5.32 Å². The molecule has 0 saturated heterocycles. The second kappa shape index (κ2) is 7.38. The molecular weight excluding hydrogens is 337 g/mol. The first-order valence-corrected chi connectivity index (χ1v) is 8.50. The highest BCUT2D eigenvalue weighted by Crippen LogP contribution is 2.29. The topological polar surface area (TPSA) is 38.0 Å². The van der Waals surface area contributed by atoms with Crippen LogP contribution in [0, 0.1) is 0 Å². The zero-order valence-electron chi connectivity index (χ0n) is 14.4. The Balaban J connectivity index is 1.88. The van der Waals surface area contributed by atoms with Crippen LogP contribution in [-0.4, -0.2) is 12.2 Å². The van der Waals surface area contributed by atoms with Gasteiger partial charge in [0.05, 0.1) is 0 Å². The van der Waals surface area contributed by atoms with Crippen molar-refractivity contribution in [2.75, 3.05) is 5.73 Å². The van der Waals surface area contributed by atoms with Gasteiger partial charge in [0.2, 0.25) is 0 Å². The monoisotopic (exact) mass is 358 g/mol. The molecule has 0 aliphatic rings. The predicted octanol–water partition coefficient (Wildman–Crippen LogP) is 5.25. The minimum Gasteiger partial charge on any atom is -0.399 e. The Bertz CT molecular complexity index is 884. The number of hydrogen-bond donors (Lipinski definition) is 2. The van der Waals surface area contributed by atoms with Gasteiger partial charge < -0.3 is 5.73 Å². The van der Waals surface area contributed by atoms with Crippen molar-refractivity contribution >= 4 is 16.5 Å². The van der Waals surface area contributed by atoms with E-state index in [1.54, 1.807) is 31.2 Å². The second-order valence-corrected chi connectivity index (χ2v) is 6.45. The maximum absolute atomic E-state index is 13.6. The molecule has 3 N–H and O–H groups in total. The van der Waals surface area contributed by atoms with Crippen LogP contribution in [0.2, 0.25) is 0 Å². The first kappa shape index (κ1) is 18.3. The minimum absolute atomic E-state index is 0.203. The SMILES string of the molecule is C[C@@H](NC(Cc1ccccc1N)C(F)(F)F)c1cccc2ccccc12. The third kappa shape index (κ3) is 3.99. The Hall–Kier alpha value is -2.53. The quantitative estimate of drug-likeness (QED) is 0.612. The van der Waals surface area contributed by atoms with Crippen LogP contribution in [0.15, 0.2) is 66.7 Å². The van der Waals surface area contributed by atoms with Crippen molar-refractivity contribution in [3.8, 4) is 0 Å². The molecular formula is C21H21F3N2. The van der Waals surface area contributed by atoms with Gasteiger partial charge in [0, 0.05) is 11.7 Å². The van der Waals surface area contributed by atoms with E-state index in [1.165, 1.54) is 0 Å². The zero-order valence-corrected chi connectivity index (χ0v) is 14.4. The van der Waals surface area contributed by atoms with E-state index in [0.29, 0.717) is 11.3 Å². The molecule has 3 rings (SSSR count). The Morgan fingerprint density at radius 1 is 0.923 bits per heavy atom. The summed E-state index contributed by atoms with van der Waals surface area (Å²) in [6, 6.07) is 17.9. The van der Waals surface area contributed by atoms with E-state index >= 15 is 0 Å². The van der Waals surface area contributed by atoms with E-state index in [0.717, 1.165) is 16.3 Å². The van der Waals surface area contributed by atoms with Crippen LogP contribution in [0.5, 0.6) is 0 Å². The molecule has 136 valence electrons. The lowest BCUT2D eigenvalue weighted by atomic mass is 9.97. The third-order valence-corrected chi connectivity index (χ3v) is 4.62. The fraction of sp³-hybridized carbons (Fsp3) is 0.238. The van der Waals surface area contributed by atoms with Crippen molar-refractivity contribution in [2.45, 2.75) is 31.6 Å². The highest BCUT2D eigenvalue weighted by Gasteiger charge is 2.40. The number of hydrogen-bond acceptors (Lipinski definition) is 2. The average molecular weight is 358 g/mol. The molecule has 2 nitrogen and oxygen atoms in total. The van der Waals surface area contributed by atoms with E-state index in [-0.39, 0.29) is 6.42 Å². The molecule has 0 aromatic heterocycles. The van der Waals surface area contributed by atoms with Gasteiger partial charge >= 0.3 is 6.18 Å². The Morgan fingerprint density at radius 2 is 1.58 bits per heavy atom. The molecule has 0 aliphatic carbocycles. The summed E-state index contributed by atoms with van der Waals surface area (Å²) in [6.07, 6.45) is -4.58. The fourth-order valence-corrected chi connectivity index (χ4v) is 3.23. The van der Waals surface area contributed by atoms with E-state index in [1.807, 2.05) is 42.5 Å². The number of nitrogens with one attached hydrogen (secondary N) is 1. The van der Waals surface area contributed by atoms with Crippen LogP contribution in [0.3, 0.4) is 0 Å². The normalized spacial score (nSPS) is 14.3. The average Bonchev–Trinajstić information content (AvgIpc) is 2.61. The standard InChI is InChI=1S/C21H21F3N2/c1-14(17-11-6-9-15-7-2-4-10-18(15)17)26-20(21(22,23)24)13-16-8-3-5-12-19(16)25/h2-12,14,20,26H,13,25H2,1H3/t14-,20?/m1/s1. The summed E-state index contributed by atoms with van der Waals surface area (Å²) < 4.78 is 40.9. The first-order valence-electron chi connectivity index (χ1n) is 8.50. The number of halogens is 3. The maximum atomic E-state index is 13.6. The van der Waals surface area contributed by atoms with Gasteiger partial charge in [-0.1, -0.05) is 60.7 Å². The van der Waals surface area contributed by atoms with E-state index in [9.17, 15) is 13.2 Å². The summed E-state index contributed by atoms with van der Waals surface area (Å²) in [6.45, 7) is 1.76. The molecule has 0 amide bonds. The summed E-state index contributed by atoms with van der Waals surface area (Å²) in [5.74, 6) is 0. The van der Waals surface area contributed by atoms with E-state index in [2.05, 4.69) is 5.32 Å². The number of nitrogens with two attached hydrogens (primary N) is 1. The lowest BCUT2D eigenvalue weighted by Crippen LogP contribution is -2.45. The van der Waals surface area contributed by atoms with Gasteiger partial charge in [-0.15, -0.1) is 0 Å². The van der Waals surface area contributed by atoms with E-state index in [4.69, 9.17) is 5.73 Å². The summed E-state index contributed by atoms with van der Waals surface area (Å²) in [4.78, 5) is 0. The van der Waals surface area contributed by atoms with Gasteiger partial charge in [-0.2, -0.15) is 13.2 Å². The number of benzene rings is 3. The van der Waals surface area contributed by atoms with Crippen molar-refractivity contribution in [3.05, 3.63) is 77.9 Å². The lowest BCUT2D eigenvalue weighted by molar-refractivity contribution is -0.157. The largest absolute Gasteiger partial charge is 0.404 e. The molecule has 2 atom stereocenters. The summed E-state index contributed by atoms with van der Waals surface area (Å²) in [7, 11) is 0. The molecule has 3 aromatic rings. The maximum Gasteiger partial charge on any atom is 0.404 e. The van der Waals surface area contributed by atoms with Crippen molar-refractivity contribution in [3.63, 3.8) is 0 Å². The summed E-state index contributed by atoms with van der Waals surface area (Å²) in [5, 5.41) is 4.72. The second-order valence-electron chi connectivity index (χ2n) is 6.45.